The van der Waals surface area contributed by atoms with Gasteiger partial charge in [0.1, 0.15) is 0 Å². The maximum atomic E-state index is 12.2. The van der Waals surface area contributed by atoms with Gasteiger partial charge in [0.05, 0.1) is 20.1 Å². The van der Waals surface area contributed by atoms with Crippen LogP contribution in [0.2, 0.25) is 0 Å². The van der Waals surface area contributed by atoms with Gasteiger partial charge in [-0.3, -0.25) is 9.59 Å². The number of nitrogens with one attached hydrogen (secondary N) is 1. The largest absolute Gasteiger partial charge is 0.469 e. The van der Waals surface area contributed by atoms with E-state index >= 15 is 0 Å². The molecule has 2 aromatic rings. The quantitative estimate of drug-likeness (QED) is 0.462. The summed E-state index contributed by atoms with van der Waals surface area (Å²) < 4.78 is 4.64. The van der Waals surface area contributed by atoms with Gasteiger partial charge in [-0.2, -0.15) is 0 Å². The molecule has 23 heavy (non-hydrogen) atoms. The first-order valence-electron chi connectivity index (χ1n) is 7.62. The molecule has 2 rings (SSSR count). The van der Waals surface area contributed by atoms with Gasteiger partial charge < -0.3 is 10.1 Å². The Balaban J connectivity index is 1.81. The van der Waals surface area contributed by atoms with Crippen LogP contribution in [0.4, 0.5) is 0 Å². The number of ketones is 1. The number of ether oxygens (including phenoxy) is 1. The molecule has 0 fully saturated rings. The summed E-state index contributed by atoms with van der Waals surface area (Å²) in [5.41, 5.74) is 2.64. The Hall–Kier alpha value is -2.46. The number of Topliss-reactive ketones (excluding diaryl/α,β-unsaturated/α-hetero) is 1. The number of esters is 1. The predicted octanol–water partition coefficient (Wildman–Crippen LogP) is 2.42. The van der Waals surface area contributed by atoms with Crippen molar-refractivity contribution in [2.24, 2.45) is 0 Å². The molecule has 0 aliphatic carbocycles. The molecular formula is C19H21NO3. The number of carbonyl (C=O) groups is 2. The van der Waals surface area contributed by atoms with E-state index in [1.54, 1.807) is 18.2 Å². The fourth-order valence-corrected chi connectivity index (χ4v) is 2.27. The number of benzene rings is 2. The first-order valence-corrected chi connectivity index (χ1v) is 7.62. The molecule has 0 aliphatic heterocycles. The van der Waals surface area contributed by atoms with Gasteiger partial charge in [0.2, 0.25) is 0 Å². The van der Waals surface area contributed by atoms with Crippen LogP contribution in [-0.4, -0.2) is 32.0 Å². The summed E-state index contributed by atoms with van der Waals surface area (Å²) in [6.45, 7) is 1.03. The van der Waals surface area contributed by atoms with Crippen molar-refractivity contribution in [2.75, 3.05) is 20.2 Å². The van der Waals surface area contributed by atoms with Crippen molar-refractivity contribution in [3.05, 3.63) is 71.3 Å². The van der Waals surface area contributed by atoms with Crippen LogP contribution in [0.25, 0.3) is 0 Å². The van der Waals surface area contributed by atoms with Crippen LogP contribution in [0.3, 0.4) is 0 Å². The molecule has 2 aromatic carbocycles. The second-order valence-electron chi connectivity index (χ2n) is 5.29. The number of hydrogen-bond donors (Lipinski definition) is 1. The lowest BCUT2D eigenvalue weighted by Gasteiger charge is -2.06. The third-order valence-corrected chi connectivity index (χ3v) is 3.54. The molecule has 4 heteroatoms. The van der Waals surface area contributed by atoms with Crippen molar-refractivity contribution in [3.8, 4) is 0 Å². The van der Waals surface area contributed by atoms with Gasteiger partial charge in [0.15, 0.2) is 5.78 Å². The van der Waals surface area contributed by atoms with Crippen molar-refractivity contribution in [1.29, 1.82) is 0 Å². The number of methoxy groups -OCH3 is 1. The normalized spacial score (nSPS) is 10.3. The fourth-order valence-electron chi connectivity index (χ4n) is 2.27. The zero-order chi connectivity index (χ0) is 16.5. The van der Waals surface area contributed by atoms with Crippen LogP contribution >= 0.6 is 0 Å². The topological polar surface area (TPSA) is 55.4 Å². The van der Waals surface area contributed by atoms with Crippen LogP contribution in [0.15, 0.2) is 54.6 Å². The highest BCUT2D eigenvalue weighted by Gasteiger charge is 2.08. The smallest absolute Gasteiger partial charge is 0.309 e. The predicted molar refractivity (Wildman–Crippen MR) is 89.5 cm³/mol. The van der Waals surface area contributed by atoms with E-state index in [9.17, 15) is 9.59 Å². The summed E-state index contributed by atoms with van der Waals surface area (Å²) in [5, 5.41) is 3.16. The summed E-state index contributed by atoms with van der Waals surface area (Å²) >= 11 is 0. The third kappa shape index (κ3) is 5.68. The number of rotatable bonds is 8. The molecule has 0 unspecified atom stereocenters. The summed E-state index contributed by atoms with van der Waals surface area (Å²) in [7, 11) is 1.36. The first-order chi connectivity index (χ1) is 11.2. The van der Waals surface area contributed by atoms with E-state index in [0.717, 1.165) is 18.5 Å². The Morgan fingerprint density at radius 2 is 1.74 bits per heavy atom. The second kappa shape index (κ2) is 8.86. The van der Waals surface area contributed by atoms with E-state index in [1.807, 2.05) is 24.3 Å². The SMILES string of the molecule is COC(=O)Cc1cccc(C(=O)CNCCc2ccccc2)c1. The third-order valence-electron chi connectivity index (χ3n) is 3.54. The second-order valence-corrected chi connectivity index (χ2v) is 5.29. The first kappa shape index (κ1) is 16.9. The Labute approximate surface area is 136 Å². The van der Waals surface area contributed by atoms with Gasteiger partial charge in [-0.1, -0.05) is 48.5 Å². The van der Waals surface area contributed by atoms with Gasteiger partial charge in [0, 0.05) is 5.56 Å². The lowest BCUT2D eigenvalue weighted by molar-refractivity contribution is -0.139. The molecule has 0 spiro atoms. The van der Waals surface area contributed by atoms with E-state index in [0.29, 0.717) is 5.56 Å². The van der Waals surface area contributed by atoms with Crippen LogP contribution in [-0.2, 0) is 22.4 Å². The highest BCUT2D eigenvalue weighted by atomic mass is 16.5. The molecule has 0 heterocycles. The average molecular weight is 311 g/mol. The monoisotopic (exact) mass is 311 g/mol. The standard InChI is InChI=1S/C19H21NO3/c1-23-19(22)13-16-8-5-9-17(12-16)18(21)14-20-11-10-15-6-3-2-4-7-15/h2-9,12,20H,10-11,13-14H2,1H3. The fraction of sp³-hybridized carbons (Fsp3) is 0.263. The Morgan fingerprint density at radius 1 is 1.00 bits per heavy atom. The molecule has 0 amide bonds. The minimum Gasteiger partial charge on any atom is -0.469 e. The molecule has 0 saturated carbocycles. The zero-order valence-corrected chi connectivity index (χ0v) is 13.2. The lowest BCUT2D eigenvalue weighted by Crippen LogP contribution is -2.25. The van der Waals surface area contributed by atoms with Gasteiger partial charge in [-0.05, 0) is 30.2 Å². The molecule has 120 valence electrons. The summed E-state index contributed by atoms with van der Waals surface area (Å²) in [6.07, 6.45) is 1.07. The van der Waals surface area contributed by atoms with Gasteiger partial charge >= 0.3 is 5.97 Å². The Morgan fingerprint density at radius 3 is 2.48 bits per heavy atom. The summed E-state index contributed by atoms with van der Waals surface area (Å²) in [4.78, 5) is 23.5. The van der Waals surface area contributed by atoms with Crippen LogP contribution in [0.5, 0.6) is 0 Å². The minimum absolute atomic E-state index is 0.0183. The van der Waals surface area contributed by atoms with E-state index in [-0.39, 0.29) is 24.7 Å². The summed E-state index contributed by atoms with van der Waals surface area (Å²) in [5.74, 6) is -0.291. The van der Waals surface area contributed by atoms with E-state index < -0.39 is 0 Å². The molecule has 0 bridgehead atoms. The summed E-state index contributed by atoms with van der Waals surface area (Å²) in [6, 6.07) is 17.3. The number of hydrogen-bond acceptors (Lipinski definition) is 4. The van der Waals surface area contributed by atoms with Crippen molar-refractivity contribution in [3.63, 3.8) is 0 Å². The maximum Gasteiger partial charge on any atom is 0.309 e. The lowest BCUT2D eigenvalue weighted by atomic mass is 10.1. The van der Waals surface area contributed by atoms with Crippen LogP contribution < -0.4 is 5.32 Å². The zero-order valence-electron chi connectivity index (χ0n) is 13.2. The molecule has 0 aliphatic rings. The molecule has 4 nitrogen and oxygen atoms in total. The van der Waals surface area contributed by atoms with Crippen molar-refractivity contribution >= 4 is 11.8 Å². The molecule has 0 radical (unpaired) electrons. The Bertz CT molecular complexity index is 653. The molecular weight excluding hydrogens is 290 g/mol. The van der Waals surface area contributed by atoms with E-state index in [2.05, 4.69) is 22.2 Å². The highest BCUT2D eigenvalue weighted by molar-refractivity contribution is 5.97. The highest BCUT2D eigenvalue weighted by Crippen LogP contribution is 2.07. The van der Waals surface area contributed by atoms with Crippen LogP contribution in [0, 0.1) is 0 Å². The molecule has 0 saturated heterocycles. The molecule has 0 atom stereocenters. The van der Waals surface area contributed by atoms with E-state index in [4.69, 9.17) is 0 Å². The molecule has 1 N–H and O–H groups in total. The van der Waals surface area contributed by atoms with Gasteiger partial charge in [-0.15, -0.1) is 0 Å². The minimum atomic E-state index is -0.310. The Kier molecular flexibility index (Phi) is 6.51. The van der Waals surface area contributed by atoms with Crippen LogP contribution in [0.1, 0.15) is 21.5 Å². The molecule has 0 aromatic heterocycles. The van der Waals surface area contributed by atoms with Crippen molar-refractivity contribution < 1.29 is 14.3 Å². The van der Waals surface area contributed by atoms with Gasteiger partial charge in [0.25, 0.3) is 0 Å². The van der Waals surface area contributed by atoms with Gasteiger partial charge in [-0.25, -0.2) is 0 Å². The van der Waals surface area contributed by atoms with Crippen molar-refractivity contribution in [2.45, 2.75) is 12.8 Å². The van der Waals surface area contributed by atoms with E-state index in [1.165, 1.54) is 12.7 Å². The average Bonchev–Trinajstić information content (AvgIpc) is 2.59. The van der Waals surface area contributed by atoms with Crippen molar-refractivity contribution in [1.82, 2.24) is 5.32 Å². The number of carbonyl (C=O) groups excluding carboxylic acids is 2. The maximum absolute atomic E-state index is 12.2.